The Morgan fingerprint density at radius 2 is 2.17 bits per heavy atom. The highest BCUT2D eigenvalue weighted by molar-refractivity contribution is 6.28. The third-order valence-corrected chi connectivity index (χ3v) is 2.79. The number of benzene rings is 1. The van der Waals surface area contributed by atoms with E-state index in [0.717, 1.165) is 0 Å². The minimum atomic E-state index is -0.399. The predicted octanol–water partition coefficient (Wildman–Crippen LogP) is 3.76. The van der Waals surface area contributed by atoms with Crippen LogP contribution in [-0.2, 0) is 6.54 Å². The molecule has 1 heterocycles. The summed E-state index contributed by atoms with van der Waals surface area (Å²) in [5.41, 5.74) is 1.40. The zero-order valence-electron chi connectivity index (χ0n) is 9.64. The summed E-state index contributed by atoms with van der Waals surface area (Å²) in [6, 6.07) is 8.31. The average molecular weight is 267 g/mol. The largest absolute Gasteiger partial charge is 0.448 e. The van der Waals surface area contributed by atoms with E-state index in [9.17, 15) is 10.1 Å². The smallest absolute Gasteiger partial charge is 0.274 e. The van der Waals surface area contributed by atoms with Crippen LogP contribution in [0.5, 0.6) is 0 Å². The fourth-order valence-corrected chi connectivity index (χ4v) is 1.80. The zero-order valence-corrected chi connectivity index (χ0v) is 10.4. The molecule has 18 heavy (non-hydrogen) atoms. The maximum Gasteiger partial charge on any atom is 0.274 e. The van der Waals surface area contributed by atoms with Gasteiger partial charge in [0.15, 0.2) is 5.22 Å². The molecule has 0 aliphatic rings. The minimum absolute atomic E-state index is 0.0949. The lowest BCUT2D eigenvalue weighted by Crippen LogP contribution is -2.02. The maximum absolute atomic E-state index is 10.8. The van der Waals surface area contributed by atoms with Crippen LogP contribution in [0.3, 0.4) is 0 Å². The number of anilines is 1. The number of hydrogen-bond acceptors (Lipinski definition) is 4. The lowest BCUT2D eigenvalue weighted by Gasteiger charge is -2.08. The SMILES string of the molecule is Cc1c(NCc2ccc(Cl)o2)cccc1[N+](=O)[O-]. The number of nitro groups is 1. The van der Waals surface area contributed by atoms with Gasteiger partial charge in [-0.1, -0.05) is 6.07 Å². The molecule has 0 aliphatic carbocycles. The number of nitrogens with zero attached hydrogens (tertiary/aromatic N) is 1. The van der Waals surface area contributed by atoms with E-state index in [2.05, 4.69) is 5.32 Å². The second-order valence-corrected chi connectivity index (χ2v) is 4.14. The highest BCUT2D eigenvalue weighted by Gasteiger charge is 2.13. The van der Waals surface area contributed by atoms with Crippen molar-refractivity contribution in [1.29, 1.82) is 0 Å². The maximum atomic E-state index is 10.8. The molecule has 6 heteroatoms. The molecule has 0 radical (unpaired) electrons. The van der Waals surface area contributed by atoms with E-state index >= 15 is 0 Å². The molecular weight excluding hydrogens is 256 g/mol. The molecule has 0 bridgehead atoms. The van der Waals surface area contributed by atoms with Crippen molar-refractivity contribution < 1.29 is 9.34 Å². The lowest BCUT2D eigenvalue weighted by molar-refractivity contribution is -0.385. The standard InChI is InChI=1S/C12H11ClN2O3/c1-8-10(3-2-4-11(8)15(16)17)14-7-9-5-6-12(13)18-9/h2-6,14H,7H2,1H3. The van der Waals surface area contributed by atoms with Gasteiger partial charge in [-0.25, -0.2) is 0 Å². The Labute approximate surface area is 109 Å². The van der Waals surface area contributed by atoms with Gasteiger partial charge in [0.05, 0.1) is 11.5 Å². The molecule has 0 amide bonds. The van der Waals surface area contributed by atoms with Crippen molar-refractivity contribution in [3.05, 3.63) is 57.0 Å². The van der Waals surface area contributed by atoms with E-state index in [4.69, 9.17) is 16.0 Å². The summed E-state index contributed by atoms with van der Waals surface area (Å²) < 4.78 is 5.19. The normalized spacial score (nSPS) is 10.3. The van der Waals surface area contributed by atoms with Crippen LogP contribution >= 0.6 is 11.6 Å². The Balaban J connectivity index is 2.14. The number of nitrogens with one attached hydrogen (secondary N) is 1. The van der Waals surface area contributed by atoms with Gasteiger partial charge < -0.3 is 9.73 Å². The number of rotatable bonds is 4. The van der Waals surface area contributed by atoms with Gasteiger partial charge in [-0.05, 0) is 36.7 Å². The Hall–Kier alpha value is -2.01. The van der Waals surface area contributed by atoms with Crippen molar-refractivity contribution in [2.45, 2.75) is 13.5 Å². The molecule has 1 N–H and O–H groups in total. The van der Waals surface area contributed by atoms with E-state index in [1.807, 2.05) is 0 Å². The van der Waals surface area contributed by atoms with Crippen LogP contribution in [-0.4, -0.2) is 4.92 Å². The average Bonchev–Trinajstić information content (AvgIpc) is 2.73. The Kier molecular flexibility index (Phi) is 3.53. The first-order chi connectivity index (χ1) is 8.58. The van der Waals surface area contributed by atoms with Crippen LogP contribution in [0, 0.1) is 17.0 Å². The number of nitro benzene ring substituents is 1. The molecule has 0 unspecified atom stereocenters. The fourth-order valence-electron chi connectivity index (χ4n) is 1.64. The summed E-state index contributed by atoms with van der Waals surface area (Å²) in [6.45, 7) is 2.13. The van der Waals surface area contributed by atoms with Gasteiger partial charge in [0.2, 0.25) is 0 Å². The first-order valence-corrected chi connectivity index (χ1v) is 5.68. The molecule has 1 aromatic carbocycles. The Bertz CT molecular complexity index is 580. The van der Waals surface area contributed by atoms with Gasteiger partial charge >= 0.3 is 0 Å². The summed E-state index contributed by atoms with van der Waals surface area (Å²) in [5.74, 6) is 0.672. The number of halogens is 1. The van der Waals surface area contributed by atoms with Crippen molar-refractivity contribution in [1.82, 2.24) is 0 Å². The second kappa shape index (κ2) is 5.10. The third-order valence-electron chi connectivity index (χ3n) is 2.58. The summed E-state index contributed by atoms with van der Waals surface area (Å²) in [5, 5.41) is 14.2. The lowest BCUT2D eigenvalue weighted by atomic mass is 10.1. The van der Waals surface area contributed by atoms with Crippen LogP contribution in [0.15, 0.2) is 34.7 Å². The molecule has 0 spiro atoms. The van der Waals surface area contributed by atoms with Crippen molar-refractivity contribution >= 4 is 23.0 Å². The van der Waals surface area contributed by atoms with Crippen molar-refractivity contribution in [2.75, 3.05) is 5.32 Å². The fraction of sp³-hybridized carbons (Fsp3) is 0.167. The molecule has 0 aliphatic heterocycles. The topological polar surface area (TPSA) is 68.3 Å². The summed E-state index contributed by atoms with van der Waals surface area (Å²) in [6.07, 6.45) is 0. The molecule has 0 atom stereocenters. The molecule has 2 aromatic rings. The summed E-state index contributed by atoms with van der Waals surface area (Å²) in [7, 11) is 0. The van der Waals surface area contributed by atoms with Gasteiger partial charge in [-0.15, -0.1) is 0 Å². The summed E-state index contributed by atoms with van der Waals surface area (Å²) >= 11 is 5.66. The molecule has 0 fully saturated rings. The Morgan fingerprint density at radius 1 is 1.39 bits per heavy atom. The predicted molar refractivity (Wildman–Crippen MR) is 68.9 cm³/mol. The summed E-state index contributed by atoms with van der Waals surface area (Å²) in [4.78, 5) is 10.4. The van der Waals surface area contributed by atoms with Crippen molar-refractivity contribution in [2.24, 2.45) is 0 Å². The van der Waals surface area contributed by atoms with E-state index in [1.54, 1.807) is 31.2 Å². The second-order valence-electron chi connectivity index (χ2n) is 3.77. The monoisotopic (exact) mass is 266 g/mol. The zero-order chi connectivity index (χ0) is 13.1. The van der Waals surface area contributed by atoms with Crippen molar-refractivity contribution in [3.63, 3.8) is 0 Å². The minimum Gasteiger partial charge on any atom is -0.448 e. The number of furan rings is 1. The van der Waals surface area contributed by atoms with E-state index in [-0.39, 0.29) is 5.69 Å². The van der Waals surface area contributed by atoms with E-state index < -0.39 is 4.92 Å². The molecule has 2 rings (SSSR count). The molecule has 0 saturated heterocycles. The third kappa shape index (κ3) is 2.62. The van der Waals surface area contributed by atoms with E-state index in [0.29, 0.717) is 28.8 Å². The van der Waals surface area contributed by atoms with Crippen LogP contribution in [0.2, 0.25) is 5.22 Å². The first kappa shape index (κ1) is 12.4. The molecule has 5 nitrogen and oxygen atoms in total. The van der Waals surface area contributed by atoms with Gasteiger partial charge in [-0.2, -0.15) is 0 Å². The molecule has 1 aromatic heterocycles. The van der Waals surface area contributed by atoms with Crippen LogP contribution in [0.25, 0.3) is 0 Å². The quantitative estimate of drug-likeness (QED) is 0.676. The van der Waals surface area contributed by atoms with Crippen LogP contribution in [0.4, 0.5) is 11.4 Å². The van der Waals surface area contributed by atoms with Crippen molar-refractivity contribution in [3.8, 4) is 0 Å². The van der Waals surface area contributed by atoms with Crippen LogP contribution in [0.1, 0.15) is 11.3 Å². The molecular formula is C12H11ClN2O3. The first-order valence-electron chi connectivity index (χ1n) is 5.30. The number of hydrogen-bond donors (Lipinski definition) is 1. The Morgan fingerprint density at radius 3 is 2.78 bits per heavy atom. The highest BCUT2D eigenvalue weighted by Crippen LogP contribution is 2.25. The molecule has 0 saturated carbocycles. The van der Waals surface area contributed by atoms with E-state index in [1.165, 1.54) is 6.07 Å². The van der Waals surface area contributed by atoms with Gasteiger partial charge in [0, 0.05) is 17.3 Å². The molecule has 94 valence electrons. The highest BCUT2D eigenvalue weighted by atomic mass is 35.5. The van der Waals surface area contributed by atoms with Gasteiger partial charge in [-0.3, -0.25) is 10.1 Å². The van der Waals surface area contributed by atoms with Gasteiger partial charge in [0.1, 0.15) is 5.76 Å². The van der Waals surface area contributed by atoms with Crippen LogP contribution < -0.4 is 5.32 Å². The van der Waals surface area contributed by atoms with Gasteiger partial charge in [0.25, 0.3) is 5.69 Å².